The molecule has 2 heterocycles. The van der Waals surface area contributed by atoms with Gasteiger partial charge in [0.2, 0.25) is 10.1 Å². The van der Waals surface area contributed by atoms with E-state index in [1.807, 2.05) is 0 Å². The van der Waals surface area contributed by atoms with E-state index in [-0.39, 0.29) is 5.91 Å². The van der Waals surface area contributed by atoms with Gasteiger partial charge in [-0.15, -0.1) is 10.2 Å². The SMILES string of the molecule is CNc1nnc(C(=O)N2CCOCC2)s1. The molecule has 0 aromatic carbocycles. The molecule has 1 saturated heterocycles. The van der Waals surface area contributed by atoms with Crippen LogP contribution in [0.1, 0.15) is 9.80 Å². The quantitative estimate of drug-likeness (QED) is 0.775. The van der Waals surface area contributed by atoms with Crippen LogP contribution >= 0.6 is 11.3 Å². The molecule has 15 heavy (non-hydrogen) atoms. The molecule has 0 bridgehead atoms. The molecule has 0 radical (unpaired) electrons. The van der Waals surface area contributed by atoms with Crippen molar-refractivity contribution in [2.75, 3.05) is 38.7 Å². The molecule has 1 aliphatic rings. The third kappa shape index (κ3) is 2.24. The maximum absolute atomic E-state index is 11.9. The van der Waals surface area contributed by atoms with Gasteiger partial charge in [-0.1, -0.05) is 11.3 Å². The first-order valence-electron chi connectivity index (χ1n) is 4.69. The van der Waals surface area contributed by atoms with Gasteiger partial charge in [-0.25, -0.2) is 0 Å². The molecule has 1 N–H and O–H groups in total. The number of hydrogen-bond donors (Lipinski definition) is 1. The van der Waals surface area contributed by atoms with Gasteiger partial charge in [-0.3, -0.25) is 4.79 Å². The van der Waals surface area contributed by atoms with Crippen LogP contribution in [0.25, 0.3) is 0 Å². The van der Waals surface area contributed by atoms with E-state index in [9.17, 15) is 4.79 Å². The molecule has 2 rings (SSSR count). The summed E-state index contributed by atoms with van der Waals surface area (Å²) in [6, 6.07) is 0. The van der Waals surface area contributed by atoms with Gasteiger partial charge in [-0.2, -0.15) is 0 Å². The van der Waals surface area contributed by atoms with Crippen molar-refractivity contribution in [2.24, 2.45) is 0 Å². The van der Waals surface area contributed by atoms with Crippen LogP contribution in [0.5, 0.6) is 0 Å². The van der Waals surface area contributed by atoms with Crippen molar-refractivity contribution in [3.8, 4) is 0 Å². The van der Waals surface area contributed by atoms with E-state index in [2.05, 4.69) is 15.5 Å². The maximum atomic E-state index is 11.9. The normalized spacial score (nSPS) is 16.5. The lowest BCUT2D eigenvalue weighted by Crippen LogP contribution is -2.40. The second-order valence-corrected chi connectivity index (χ2v) is 4.04. The van der Waals surface area contributed by atoms with Gasteiger partial charge < -0.3 is 15.0 Å². The van der Waals surface area contributed by atoms with E-state index in [0.717, 1.165) is 0 Å². The monoisotopic (exact) mass is 228 g/mol. The van der Waals surface area contributed by atoms with Crippen molar-refractivity contribution in [1.29, 1.82) is 0 Å². The zero-order valence-electron chi connectivity index (χ0n) is 8.39. The Morgan fingerprint density at radius 2 is 2.20 bits per heavy atom. The van der Waals surface area contributed by atoms with Gasteiger partial charge >= 0.3 is 0 Å². The Morgan fingerprint density at radius 1 is 1.47 bits per heavy atom. The lowest BCUT2D eigenvalue weighted by atomic mass is 10.4. The summed E-state index contributed by atoms with van der Waals surface area (Å²) in [6.07, 6.45) is 0. The number of nitrogens with zero attached hydrogens (tertiary/aromatic N) is 3. The number of hydrogen-bond acceptors (Lipinski definition) is 6. The molecule has 0 atom stereocenters. The molecular weight excluding hydrogens is 216 g/mol. The minimum atomic E-state index is -0.0581. The Morgan fingerprint density at radius 3 is 2.80 bits per heavy atom. The number of anilines is 1. The smallest absolute Gasteiger partial charge is 0.285 e. The zero-order valence-corrected chi connectivity index (χ0v) is 9.21. The lowest BCUT2D eigenvalue weighted by molar-refractivity contribution is 0.0302. The summed E-state index contributed by atoms with van der Waals surface area (Å²) in [5, 5.41) is 11.6. The van der Waals surface area contributed by atoms with Crippen LogP contribution in [0.4, 0.5) is 5.13 Å². The van der Waals surface area contributed by atoms with Crippen LogP contribution in [0, 0.1) is 0 Å². The molecule has 0 spiro atoms. The van der Waals surface area contributed by atoms with Gasteiger partial charge in [0.15, 0.2) is 0 Å². The minimum Gasteiger partial charge on any atom is -0.378 e. The standard InChI is InChI=1S/C8H12N4O2S/c1-9-8-11-10-6(15-8)7(13)12-2-4-14-5-3-12/h2-5H2,1H3,(H,9,11). The molecule has 0 unspecified atom stereocenters. The van der Waals surface area contributed by atoms with Crippen LogP contribution in [0.2, 0.25) is 0 Å². The average Bonchev–Trinajstić information content (AvgIpc) is 2.78. The van der Waals surface area contributed by atoms with E-state index >= 15 is 0 Å². The van der Waals surface area contributed by atoms with Gasteiger partial charge in [0, 0.05) is 20.1 Å². The predicted molar refractivity (Wildman–Crippen MR) is 56.2 cm³/mol. The molecule has 1 aromatic rings. The number of rotatable bonds is 2. The topological polar surface area (TPSA) is 67.4 Å². The van der Waals surface area contributed by atoms with E-state index in [1.165, 1.54) is 11.3 Å². The molecule has 82 valence electrons. The first kappa shape index (κ1) is 10.3. The van der Waals surface area contributed by atoms with Crippen LogP contribution in [0.15, 0.2) is 0 Å². The number of morpholine rings is 1. The van der Waals surface area contributed by atoms with Crippen LogP contribution in [0.3, 0.4) is 0 Å². The Bertz CT molecular complexity index is 348. The Kier molecular flexibility index (Phi) is 3.12. The highest BCUT2D eigenvalue weighted by Crippen LogP contribution is 2.16. The summed E-state index contributed by atoms with van der Waals surface area (Å²) in [5.74, 6) is -0.0581. The molecule has 1 aliphatic heterocycles. The molecule has 1 fully saturated rings. The van der Waals surface area contributed by atoms with Crippen molar-refractivity contribution in [3.05, 3.63) is 5.01 Å². The number of aromatic nitrogens is 2. The van der Waals surface area contributed by atoms with Crippen LogP contribution in [-0.4, -0.2) is 54.4 Å². The van der Waals surface area contributed by atoms with E-state index in [4.69, 9.17) is 4.74 Å². The highest BCUT2D eigenvalue weighted by molar-refractivity contribution is 7.17. The second kappa shape index (κ2) is 4.54. The molecule has 6 nitrogen and oxygen atoms in total. The average molecular weight is 228 g/mol. The molecule has 0 saturated carbocycles. The number of carbonyl (C=O) groups excluding carboxylic acids is 1. The fraction of sp³-hybridized carbons (Fsp3) is 0.625. The van der Waals surface area contributed by atoms with Gasteiger partial charge in [0.05, 0.1) is 13.2 Å². The number of ether oxygens (including phenoxy) is 1. The summed E-state index contributed by atoms with van der Waals surface area (Å²) >= 11 is 1.27. The van der Waals surface area contributed by atoms with E-state index in [1.54, 1.807) is 11.9 Å². The van der Waals surface area contributed by atoms with Crippen molar-refractivity contribution >= 4 is 22.4 Å². The summed E-state index contributed by atoms with van der Waals surface area (Å²) in [4.78, 5) is 13.6. The summed E-state index contributed by atoms with van der Waals surface area (Å²) in [6.45, 7) is 2.47. The highest BCUT2D eigenvalue weighted by atomic mass is 32.1. The van der Waals surface area contributed by atoms with Crippen molar-refractivity contribution in [2.45, 2.75) is 0 Å². The highest BCUT2D eigenvalue weighted by Gasteiger charge is 2.21. The Balaban J connectivity index is 2.05. The van der Waals surface area contributed by atoms with Gasteiger partial charge in [0.25, 0.3) is 5.91 Å². The molecule has 1 amide bonds. The first-order valence-corrected chi connectivity index (χ1v) is 5.51. The zero-order chi connectivity index (χ0) is 10.7. The number of amides is 1. The fourth-order valence-electron chi connectivity index (χ4n) is 1.31. The number of nitrogens with one attached hydrogen (secondary N) is 1. The molecule has 7 heteroatoms. The van der Waals surface area contributed by atoms with Crippen molar-refractivity contribution in [3.63, 3.8) is 0 Å². The van der Waals surface area contributed by atoms with Gasteiger partial charge in [0.1, 0.15) is 0 Å². The summed E-state index contributed by atoms with van der Waals surface area (Å²) in [5.41, 5.74) is 0. The number of carbonyl (C=O) groups is 1. The third-order valence-corrected chi connectivity index (χ3v) is 3.05. The second-order valence-electron chi connectivity index (χ2n) is 3.07. The fourth-order valence-corrected chi connectivity index (χ4v) is 1.98. The minimum absolute atomic E-state index is 0.0581. The van der Waals surface area contributed by atoms with Crippen LogP contribution < -0.4 is 5.32 Å². The predicted octanol–water partition coefficient (Wildman–Crippen LogP) is 0.0522. The van der Waals surface area contributed by atoms with Crippen molar-refractivity contribution < 1.29 is 9.53 Å². The van der Waals surface area contributed by atoms with Crippen molar-refractivity contribution in [1.82, 2.24) is 15.1 Å². The van der Waals surface area contributed by atoms with Gasteiger partial charge in [-0.05, 0) is 0 Å². The summed E-state index contributed by atoms with van der Waals surface area (Å²) in [7, 11) is 1.75. The largest absolute Gasteiger partial charge is 0.378 e. The summed E-state index contributed by atoms with van der Waals surface area (Å²) < 4.78 is 5.17. The molecule has 1 aromatic heterocycles. The molecule has 0 aliphatic carbocycles. The first-order chi connectivity index (χ1) is 7.31. The maximum Gasteiger partial charge on any atom is 0.285 e. The van der Waals surface area contributed by atoms with E-state index in [0.29, 0.717) is 36.4 Å². The molecular formula is C8H12N4O2S. The van der Waals surface area contributed by atoms with E-state index < -0.39 is 0 Å². The van der Waals surface area contributed by atoms with Crippen LogP contribution in [-0.2, 0) is 4.74 Å². The Hall–Kier alpha value is -1.21. The Labute approximate surface area is 91.2 Å². The third-order valence-electron chi connectivity index (χ3n) is 2.12. The lowest BCUT2D eigenvalue weighted by Gasteiger charge is -2.25.